The summed E-state index contributed by atoms with van der Waals surface area (Å²) in [5.74, 6) is 1.26. The number of hydrogen-bond donors (Lipinski definition) is 1. The van der Waals surface area contributed by atoms with E-state index in [-0.39, 0.29) is 23.7 Å². The number of benzene rings is 1. The highest BCUT2D eigenvalue weighted by Gasteiger charge is 2.38. The van der Waals surface area contributed by atoms with Crippen LogP contribution in [0.1, 0.15) is 41.4 Å². The van der Waals surface area contributed by atoms with Gasteiger partial charge in [0.2, 0.25) is 17.6 Å². The van der Waals surface area contributed by atoms with E-state index in [4.69, 9.17) is 4.52 Å². The largest absolute Gasteiger partial charge is 0.355 e. The lowest BCUT2D eigenvalue weighted by atomic mass is 9.90. The number of nitrogens with one attached hydrogen (secondary N) is 1. The maximum Gasteiger partial charge on any atom is 0.251 e. The summed E-state index contributed by atoms with van der Waals surface area (Å²) in [4.78, 5) is 30.6. The van der Waals surface area contributed by atoms with Gasteiger partial charge in [0.05, 0.1) is 5.92 Å². The second-order valence-corrected chi connectivity index (χ2v) is 7.04. The van der Waals surface area contributed by atoms with Gasteiger partial charge in [0.1, 0.15) is 0 Å². The third kappa shape index (κ3) is 3.49. The van der Waals surface area contributed by atoms with Crippen molar-refractivity contribution in [3.05, 3.63) is 47.9 Å². The van der Waals surface area contributed by atoms with Crippen molar-refractivity contribution in [2.45, 2.75) is 25.2 Å². The van der Waals surface area contributed by atoms with Gasteiger partial charge < -0.3 is 14.7 Å². The second kappa shape index (κ2) is 7.34. The summed E-state index contributed by atoms with van der Waals surface area (Å²) in [5.41, 5.74) is 1.27. The number of amides is 2. The van der Waals surface area contributed by atoms with E-state index in [2.05, 4.69) is 27.6 Å². The van der Waals surface area contributed by atoms with Gasteiger partial charge in [-0.05, 0) is 31.4 Å². The van der Waals surface area contributed by atoms with Gasteiger partial charge in [0.25, 0.3) is 5.91 Å². The van der Waals surface area contributed by atoms with Gasteiger partial charge in [-0.3, -0.25) is 9.59 Å². The van der Waals surface area contributed by atoms with Crippen LogP contribution >= 0.6 is 0 Å². The van der Waals surface area contributed by atoms with Crippen LogP contribution in [-0.4, -0.2) is 47.0 Å². The van der Waals surface area contributed by atoms with Gasteiger partial charge >= 0.3 is 0 Å². The Morgan fingerprint density at radius 1 is 1.26 bits per heavy atom. The molecule has 1 aromatic carbocycles. The van der Waals surface area contributed by atoms with Crippen molar-refractivity contribution in [2.24, 2.45) is 5.92 Å². The van der Waals surface area contributed by atoms with Gasteiger partial charge in [0.15, 0.2) is 0 Å². The molecule has 7 heteroatoms. The average Bonchev–Trinajstić information content (AvgIpc) is 3.16. The number of aromatic nitrogens is 2. The van der Waals surface area contributed by atoms with Crippen molar-refractivity contribution in [3.63, 3.8) is 0 Å². The molecule has 27 heavy (non-hydrogen) atoms. The Labute approximate surface area is 157 Å². The molecule has 1 saturated heterocycles. The molecule has 0 radical (unpaired) electrons. The molecule has 2 aromatic rings. The SMILES string of the molecule is CNC(=O)c1cccc(-c2noc(C3CN(C(=O)C4CC=CCC4)C3)n2)c1. The first-order valence-electron chi connectivity index (χ1n) is 9.25. The van der Waals surface area contributed by atoms with Crippen molar-refractivity contribution >= 4 is 11.8 Å². The van der Waals surface area contributed by atoms with Crippen LogP contribution in [0.25, 0.3) is 11.4 Å². The lowest BCUT2D eigenvalue weighted by Crippen LogP contribution is -2.50. The molecule has 2 amide bonds. The highest BCUT2D eigenvalue weighted by atomic mass is 16.5. The van der Waals surface area contributed by atoms with E-state index in [1.807, 2.05) is 11.0 Å². The third-order valence-corrected chi connectivity index (χ3v) is 5.21. The molecule has 1 aromatic heterocycles. The molecule has 1 fully saturated rings. The first-order valence-corrected chi connectivity index (χ1v) is 9.25. The monoisotopic (exact) mass is 366 g/mol. The number of rotatable bonds is 4. The molecule has 2 aliphatic rings. The van der Waals surface area contributed by atoms with Crippen molar-refractivity contribution in [1.29, 1.82) is 0 Å². The summed E-state index contributed by atoms with van der Waals surface area (Å²) >= 11 is 0. The van der Waals surface area contributed by atoms with Gasteiger partial charge in [0, 0.05) is 37.2 Å². The van der Waals surface area contributed by atoms with Crippen molar-refractivity contribution < 1.29 is 14.1 Å². The molecular weight excluding hydrogens is 344 g/mol. The molecule has 7 nitrogen and oxygen atoms in total. The summed E-state index contributed by atoms with van der Waals surface area (Å²) in [7, 11) is 1.59. The van der Waals surface area contributed by atoms with Crippen LogP contribution in [0, 0.1) is 5.92 Å². The Morgan fingerprint density at radius 2 is 2.11 bits per heavy atom. The van der Waals surface area contributed by atoms with Crippen LogP contribution in [0.15, 0.2) is 40.9 Å². The number of nitrogens with zero attached hydrogens (tertiary/aromatic N) is 3. The van der Waals surface area contributed by atoms with Crippen LogP contribution in [0.4, 0.5) is 0 Å². The quantitative estimate of drug-likeness (QED) is 0.840. The molecule has 0 saturated carbocycles. The van der Waals surface area contributed by atoms with Gasteiger partial charge in [-0.25, -0.2) is 0 Å². The minimum absolute atomic E-state index is 0.0801. The summed E-state index contributed by atoms with van der Waals surface area (Å²) < 4.78 is 5.41. The number of carbonyl (C=O) groups excluding carboxylic acids is 2. The fourth-order valence-electron chi connectivity index (χ4n) is 3.55. The third-order valence-electron chi connectivity index (χ3n) is 5.21. The Hall–Kier alpha value is -2.96. The molecule has 1 unspecified atom stereocenters. The number of hydrogen-bond acceptors (Lipinski definition) is 5. The Balaban J connectivity index is 1.40. The van der Waals surface area contributed by atoms with Crippen LogP contribution < -0.4 is 5.32 Å². The highest BCUT2D eigenvalue weighted by Crippen LogP contribution is 2.31. The van der Waals surface area contributed by atoms with E-state index in [0.29, 0.717) is 30.4 Å². The van der Waals surface area contributed by atoms with E-state index < -0.39 is 0 Å². The fraction of sp³-hybridized carbons (Fsp3) is 0.400. The number of carbonyl (C=O) groups is 2. The first kappa shape index (κ1) is 17.5. The normalized spacial score (nSPS) is 19.6. The van der Waals surface area contributed by atoms with Crippen molar-refractivity contribution in [3.8, 4) is 11.4 Å². The molecule has 0 bridgehead atoms. The summed E-state index contributed by atoms with van der Waals surface area (Å²) in [6.45, 7) is 1.25. The smallest absolute Gasteiger partial charge is 0.251 e. The Bertz CT molecular complexity index is 883. The summed E-state index contributed by atoms with van der Waals surface area (Å²) in [6, 6.07) is 7.10. The van der Waals surface area contributed by atoms with E-state index in [1.54, 1.807) is 25.2 Å². The minimum atomic E-state index is -0.161. The van der Waals surface area contributed by atoms with Gasteiger partial charge in [-0.15, -0.1) is 0 Å². The standard InChI is InChI=1S/C20H22N4O3/c1-21-18(25)15-9-5-8-14(10-15)17-22-19(27-23-17)16-11-24(12-16)20(26)13-6-3-2-4-7-13/h2-3,5,8-10,13,16H,4,6-7,11-12H2,1H3,(H,21,25). The average molecular weight is 366 g/mol. The Morgan fingerprint density at radius 3 is 2.85 bits per heavy atom. The minimum Gasteiger partial charge on any atom is -0.355 e. The van der Waals surface area contributed by atoms with Crippen LogP contribution in [0.2, 0.25) is 0 Å². The molecular formula is C20H22N4O3. The lowest BCUT2D eigenvalue weighted by Gasteiger charge is -2.39. The zero-order valence-electron chi connectivity index (χ0n) is 15.2. The first-order chi connectivity index (χ1) is 13.2. The molecule has 2 heterocycles. The molecule has 1 aliphatic carbocycles. The molecule has 140 valence electrons. The summed E-state index contributed by atoms with van der Waals surface area (Å²) in [5, 5.41) is 6.64. The molecule has 4 rings (SSSR count). The zero-order valence-corrected chi connectivity index (χ0v) is 15.2. The van der Waals surface area contributed by atoms with Crippen molar-refractivity contribution in [2.75, 3.05) is 20.1 Å². The second-order valence-electron chi connectivity index (χ2n) is 7.04. The predicted molar refractivity (Wildman–Crippen MR) is 98.9 cm³/mol. The van der Waals surface area contributed by atoms with Crippen LogP contribution in [0.3, 0.4) is 0 Å². The number of allylic oxidation sites excluding steroid dienone is 2. The Kier molecular flexibility index (Phi) is 4.75. The highest BCUT2D eigenvalue weighted by molar-refractivity contribution is 5.95. The molecule has 1 atom stereocenters. The predicted octanol–water partition coefficient (Wildman–Crippen LogP) is 2.38. The molecule has 0 spiro atoms. The lowest BCUT2D eigenvalue weighted by molar-refractivity contribution is -0.140. The van der Waals surface area contributed by atoms with Gasteiger partial charge in [-0.1, -0.05) is 29.4 Å². The fourth-order valence-corrected chi connectivity index (χ4v) is 3.55. The van der Waals surface area contributed by atoms with Crippen LogP contribution in [0.5, 0.6) is 0 Å². The van der Waals surface area contributed by atoms with E-state index in [1.165, 1.54) is 0 Å². The maximum absolute atomic E-state index is 12.5. The molecule has 1 aliphatic heterocycles. The van der Waals surface area contributed by atoms with E-state index in [9.17, 15) is 9.59 Å². The zero-order chi connectivity index (χ0) is 18.8. The van der Waals surface area contributed by atoms with E-state index in [0.717, 1.165) is 24.8 Å². The summed E-state index contributed by atoms with van der Waals surface area (Å²) in [6.07, 6.45) is 6.99. The molecule has 1 N–H and O–H groups in total. The van der Waals surface area contributed by atoms with E-state index >= 15 is 0 Å². The van der Waals surface area contributed by atoms with Crippen LogP contribution in [-0.2, 0) is 4.79 Å². The number of likely N-dealkylation sites (tertiary alicyclic amines) is 1. The maximum atomic E-state index is 12.5. The van der Waals surface area contributed by atoms with Gasteiger partial charge in [-0.2, -0.15) is 4.98 Å². The van der Waals surface area contributed by atoms with Crippen molar-refractivity contribution in [1.82, 2.24) is 20.4 Å². The topological polar surface area (TPSA) is 88.3 Å².